The number of imide groups is 2. The molecule has 138 valence electrons. The Morgan fingerprint density at radius 1 is 1.27 bits per heavy atom. The zero-order valence-corrected chi connectivity index (χ0v) is 14.9. The van der Waals surface area contributed by atoms with Crippen LogP contribution in [0.2, 0.25) is 0 Å². The molecule has 2 saturated heterocycles. The predicted octanol–water partition coefficient (Wildman–Crippen LogP) is 1.31. The van der Waals surface area contributed by atoms with Crippen molar-refractivity contribution in [3.63, 3.8) is 0 Å². The van der Waals surface area contributed by atoms with Crippen molar-refractivity contribution in [3.05, 3.63) is 29.8 Å². The minimum absolute atomic E-state index is 0.286. The van der Waals surface area contributed by atoms with Crippen molar-refractivity contribution < 1.29 is 19.1 Å². The van der Waals surface area contributed by atoms with Crippen molar-refractivity contribution in [1.82, 2.24) is 10.2 Å². The number of barbiturate groups is 1. The highest BCUT2D eigenvalue weighted by Crippen LogP contribution is 2.45. The molecule has 0 aromatic heterocycles. The van der Waals surface area contributed by atoms with Crippen LogP contribution < -0.4 is 10.2 Å². The van der Waals surface area contributed by atoms with E-state index in [-0.39, 0.29) is 6.42 Å². The third-order valence-electron chi connectivity index (χ3n) is 5.70. The first-order chi connectivity index (χ1) is 12.6. The topological polar surface area (TPSA) is 79.0 Å². The molecule has 4 amide bonds. The molecular formula is C19H23N3O4. The van der Waals surface area contributed by atoms with E-state index in [1.165, 1.54) is 4.90 Å². The summed E-state index contributed by atoms with van der Waals surface area (Å²) in [6.45, 7) is 3.79. The van der Waals surface area contributed by atoms with Crippen molar-refractivity contribution in [1.29, 1.82) is 0 Å². The predicted molar refractivity (Wildman–Crippen MR) is 94.7 cm³/mol. The Kier molecular flexibility index (Phi) is 4.19. The quantitative estimate of drug-likeness (QED) is 0.826. The standard InChI is InChI=1S/C19H23N3O4/c1-2-3-8-22-17(24)19(16(23)20-18(22)25)11-13-6-4-5-7-14(13)21-9-10-26-12-15(19)21/h4-7,15H,2-3,8-12H2,1H3,(H,20,23,25)/t15-,19-/m1/s1. The van der Waals surface area contributed by atoms with Gasteiger partial charge in [0.05, 0.1) is 19.3 Å². The van der Waals surface area contributed by atoms with Gasteiger partial charge in [0.15, 0.2) is 5.41 Å². The molecule has 7 heteroatoms. The number of nitrogens with one attached hydrogen (secondary N) is 1. The number of benzene rings is 1. The highest BCUT2D eigenvalue weighted by Gasteiger charge is 2.62. The highest BCUT2D eigenvalue weighted by molar-refractivity contribution is 6.20. The molecule has 3 heterocycles. The maximum atomic E-state index is 13.5. The summed E-state index contributed by atoms with van der Waals surface area (Å²) in [7, 11) is 0. The number of hydrogen-bond acceptors (Lipinski definition) is 5. The summed E-state index contributed by atoms with van der Waals surface area (Å²) in [5.74, 6) is -0.898. The van der Waals surface area contributed by atoms with Crippen LogP contribution in [0.5, 0.6) is 0 Å². The summed E-state index contributed by atoms with van der Waals surface area (Å²) in [5.41, 5.74) is 0.680. The number of nitrogens with zero attached hydrogens (tertiary/aromatic N) is 2. The second-order valence-corrected chi connectivity index (χ2v) is 7.13. The Balaban J connectivity index is 1.81. The van der Waals surface area contributed by atoms with Gasteiger partial charge in [-0.3, -0.25) is 19.8 Å². The van der Waals surface area contributed by atoms with E-state index in [4.69, 9.17) is 4.74 Å². The van der Waals surface area contributed by atoms with Crippen LogP contribution in [-0.4, -0.2) is 55.1 Å². The second-order valence-electron chi connectivity index (χ2n) is 7.13. The van der Waals surface area contributed by atoms with Crippen molar-refractivity contribution in [2.24, 2.45) is 5.41 Å². The molecule has 1 aromatic rings. The summed E-state index contributed by atoms with van der Waals surface area (Å²) in [6.07, 6.45) is 1.86. The average molecular weight is 357 g/mol. The number of unbranched alkanes of at least 4 members (excludes halogenated alkanes) is 1. The van der Waals surface area contributed by atoms with Crippen LogP contribution in [-0.2, 0) is 20.7 Å². The molecule has 0 saturated carbocycles. The van der Waals surface area contributed by atoms with E-state index in [1.807, 2.05) is 31.2 Å². The number of fused-ring (bicyclic) bond motifs is 4. The van der Waals surface area contributed by atoms with Crippen LogP contribution in [0.1, 0.15) is 25.3 Å². The maximum Gasteiger partial charge on any atom is 0.330 e. The van der Waals surface area contributed by atoms with Crippen molar-refractivity contribution in [2.75, 3.05) is 31.2 Å². The Morgan fingerprint density at radius 2 is 2.08 bits per heavy atom. The number of hydrogen-bond donors (Lipinski definition) is 1. The minimum Gasteiger partial charge on any atom is -0.377 e. The van der Waals surface area contributed by atoms with Gasteiger partial charge in [-0.25, -0.2) is 4.79 Å². The van der Waals surface area contributed by atoms with Gasteiger partial charge >= 0.3 is 6.03 Å². The molecule has 1 aromatic carbocycles. The number of carbonyl (C=O) groups is 3. The fourth-order valence-electron chi connectivity index (χ4n) is 4.33. The summed E-state index contributed by atoms with van der Waals surface area (Å²) >= 11 is 0. The molecular weight excluding hydrogens is 334 g/mol. The normalized spacial score (nSPS) is 28.0. The van der Waals surface area contributed by atoms with Crippen LogP contribution >= 0.6 is 0 Å². The summed E-state index contributed by atoms with van der Waals surface area (Å²) < 4.78 is 5.64. The zero-order chi connectivity index (χ0) is 18.3. The number of urea groups is 1. The molecule has 2 atom stereocenters. The van der Waals surface area contributed by atoms with E-state index < -0.39 is 29.3 Å². The molecule has 0 radical (unpaired) electrons. The fraction of sp³-hybridized carbons (Fsp3) is 0.526. The largest absolute Gasteiger partial charge is 0.377 e. The Bertz CT molecular complexity index is 765. The van der Waals surface area contributed by atoms with Crippen molar-refractivity contribution >= 4 is 23.5 Å². The van der Waals surface area contributed by atoms with Gasteiger partial charge in [-0.05, 0) is 24.5 Å². The van der Waals surface area contributed by atoms with E-state index in [9.17, 15) is 14.4 Å². The van der Waals surface area contributed by atoms with Crippen LogP contribution in [0.3, 0.4) is 0 Å². The first kappa shape index (κ1) is 17.0. The molecule has 26 heavy (non-hydrogen) atoms. The molecule has 3 aliphatic heterocycles. The first-order valence-corrected chi connectivity index (χ1v) is 9.19. The van der Waals surface area contributed by atoms with E-state index in [0.29, 0.717) is 32.7 Å². The van der Waals surface area contributed by atoms with Gasteiger partial charge in [0.2, 0.25) is 11.8 Å². The third kappa shape index (κ3) is 2.34. The SMILES string of the molecule is CCCCN1C(=O)NC(=O)[C@]2(Cc3ccccc3N3CCOC[C@@H]32)C1=O. The third-order valence-corrected chi connectivity index (χ3v) is 5.70. The van der Waals surface area contributed by atoms with Crippen LogP contribution in [0.4, 0.5) is 10.5 Å². The van der Waals surface area contributed by atoms with Crippen LogP contribution in [0.25, 0.3) is 0 Å². The summed E-state index contributed by atoms with van der Waals surface area (Å²) in [5, 5.41) is 2.44. The summed E-state index contributed by atoms with van der Waals surface area (Å²) in [4.78, 5) is 42.1. The number of anilines is 1. The number of rotatable bonds is 3. The highest BCUT2D eigenvalue weighted by atomic mass is 16.5. The van der Waals surface area contributed by atoms with Gasteiger partial charge in [0.1, 0.15) is 0 Å². The van der Waals surface area contributed by atoms with E-state index in [2.05, 4.69) is 10.2 Å². The van der Waals surface area contributed by atoms with Crippen LogP contribution in [0.15, 0.2) is 24.3 Å². The lowest BCUT2D eigenvalue weighted by molar-refractivity contribution is -0.156. The minimum atomic E-state index is -1.32. The number of morpholine rings is 1. The van der Waals surface area contributed by atoms with Crippen LogP contribution in [0, 0.1) is 5.41 Å². The molecule has 0 unspecified atom stereocenters. The van der Waals surface area contributed by atoms with E-state index in [1.54, 1.807) is 0 Å². The Labute approximate surface area is 152 Å². The second kappa shape index (κ2) is 6.39. The van der Waals surface area contributed by atoms with Gasteiger partial charge in [-0.15, -0.1) is 0 Å². The molecule has 1 N–H and O–H groups in total. The molecule has 0 bridgehead atoms. The monoisotopic (exact) mass is 357 g/mol. The smallest absolute Gasteiger partial charge is 0.330 e. The molecule has 0 aliphatic carbocycles. The maximum absolute atomic E-state index is 13.5. The van der Waals surface area contributed by atoms with Gasteiger partial charge in [-0.1, -0.05) is 31.5 Å². The lowest BCUT2D eigenvalue weighted by Crippen LogP contribution is -2.73. The Morgan fingerprint density at radius 3 is 2.88 bits per heavy atom. The van der Waals surface area contributed by atoms with Gasteiger partial charge in [-0.2, -0.15) is 0 Å². The number of carbonyl (C=O) groups excluding carboxylic acids is 3. The zero-order valence-electron chi connectivity index (χ0n) is 14.9. The first-order valence-electron chi connectivity index (χ1n) is 9.19. The lowest BCUT2D eigenvalue weighted by atomic mass is 9.68. The van der Waals surface area contributed by atoms with Crippen molar-refractivity contribution in [3.8, 4) is 0 Å². The van der Waals surface area contributed by atoms with Gasteiger partial charge < -0.3 is 9.64 Å². The molecule has 3 aliphatic rings. The molecule has 7 nitrogen and oxygen atoms in total. The van der Waals surface area contributed by atoms with Gasteiger partial charge in [0.25, 0.3) is 0 Å². The lowest BCUT2D eigenvalue weighted by Gasteiger charge is -2.53. The summed E-state index contributed by atoms with van der Waals surface area (Å²) in [6, 6.07) is 6.83. The average Bonchev–Trinajstić information content (AvgIpc) is 2.66. The van der Waals surface area contributed by atoms with Gasteiger partial charge in [0, 0.05) is 18.8 Å². The van der Waals surface area contributed by atoms with E-state index in [0.717, 1.165) is 17.7 Å². The molecule has 4 rings (SSSR count). The Hall–Kier alpha value is -2.41. The number of ether oxygens (including phenoxy) is 1. The number of para-hydroxylation sites is 1. The molecule has 1 spiro atoms. The molecule has 2 fully saturated rings. The van der Waals surface area contributed by atoms with E-state index >= 15 is 0 Å². The number of amides is 4. The van der Waals surface area contributed by atoms with Crippen molar-refractivity contribution in [2.45, 2.75) is 32.2 Å². The fourth-order valence-corrected chi connectivity index (χ4v) is 4.33.